The molecule has 1 aliphatic heterocycles. The van der Waals surface area contributed by atoms with Gasteiger partial charge in [-0.05, 0) is 44.0 Å². The summed E-state index contributed by atoms with van der Waals surface area (Å²) in [7, 11) is 0. The third kappa shape index (κ3) is 3.59. The molecule has 0 amide bonds. The number of aromatic nitrogens is 1. The van der Waals surface area contributed by atoms with Crippen LogP contribution in [0.3, 0.4) is 0 Å². The molecular weight excluding hydrogens is 291 g/mol. The lowest BCUT2D eigenvalue weighted by Gasteiger charge is -2.35. The van der Waals surface area contributed by atoms with Crippen LogP contribution in [-0.2, 0) is 0 Å². The number of anilines is 2. The minimum atomic E-state index is -0.186. The van der Waals surface area contributed by atoms with Crippen molar-refractivity contribution in [3.05, 3.63) is 53.5 Å². The Labute approximate surface area is 135 Å². The first-order valence-electron chi connectivity index (χ1n) is 7.80. The Morgan fingerprint density at radius 2 is 2.17 bits per heavy atom. The van der Waals surface area contributed by atoms with E-state index in [2.05, 4.69) is 21.3 Å². The quantitative estimate of drug-likeness (QED) is 0.943. The zero-order valence-corrected chi connectivity index (χ0v) is 13.1. The third-order valence-electron chi connectivity index (χ3n) is 4.05. The van der Waals surface area contributed by atoms with Crippen molar-refractivity contribution in [1.82, 2.24) is 4.98 Å². The molecule has 4 nitrogen and oxygen atoms in total. The summed E-state index contributed by atoms with van der Waals surface area (Å²) >= 11 is 0. The summed E-state index contributed by atoms with van der Waals surface area (Å²) in [5.74, 6) is 0.524. The number of hydrogen-bond donors (Lipinski definition) is 1. The van der Waals surface area contributed by atoms with E-state index in [1.54, 1.807) is 18.2 Å². The Morgan fingerprint density at radius 1 is 1.35 bits per heavy atom. The number of nitriles is 1. The fraction of sp³-hybridized carbons (Fsp3) is 0.333. The maximum Gasteiger partial charge on any atom is 0.146 e. The van der Waals surface area contributed by atoms with Crippen LogP contribution in [0.25, 0.3) is 0 Å². The van der Waals surface area contributed by atoms with Gasteiger partial charge in [0.15, 0.2) is 0 Å². The van der Waals surface area contributed by atoms with E-state index in [9.17, 15) is 4.39 Å². The fourth-order valence-electron chi connectivity index (χ4n) is 3.04. The number of aryl methyl sites for hydroxylation is 1. The van der Waals surface area contributed by atoms with Crippen molar-refractivity contribution >= 4 is 11.5 Å². The van der Waals surface area contributed by atoms with Crippen LogP contribution in [0.1, 0.15) is 24.1 Å². The van der Waals surface area contributed by atoms with Gasteiger partial charge in [-0.2, -0.15) is 5.26 Å². The number of nitrogens with one attached hydrogen (secondary N) is 1. The number of hydrogen-bond acceptors (Lipinski definition) is 4. The summed E-state index contributed by atoms with van der Waals surface area (Å²) < 4.78 is 14.0. The van der Waals surface area contributed by atoms with Gasteiger partial charge in [0.25, 0.3) is 0 Å². The van der Waals surface area contributed by atoms with E-state index in [-0.39, 0.29) is 11.9 Å². The van der Waals surface area contributed by atoms with E-state index in [0.717, 1.165) is 31.6 Å². The standard InChI is InChI=1S/C18H19FN4/c1-13-9-14(11-20)10-18(21-13)22-15-5-4-8-23(12-15)17-7-3-2-6-16(17)19/h2-3,6-7,9-10,15H,4-5,8,12H2,1H3,(H,21,22). The monoisotopic (exact) mass is 310 g/mol. The number of nitrogens with zero attached hydrogens (tertiary/aromatic N) is 3. The Hall–Kier alpha value is -2.61. The lowest BCUT2D eigenvalue weighted by atomic mass is 10.0. The average Bonchev–Trinajstić information content (AvgIpc) is 2.55. The van der Waals surface area contributed by atoms with Gasteiger partial charge >= 0.3 is 0 Å². The lowest BCUT2D eigenvalue weighted by molar-refractivity contribution is 0.518. The highest BCUT2D eigenvalue weighted by molar-refractivity contribution is 5.50. The van der Waals surface area contributed by atoms with Gasteiger partial charge in [0.2, 0.25) is 0 Å². The predicted molar refractivity (Wildman–Crippen MR) is 88.9 cm³/mol. The molecule has 1 saturated heterocycles. The topological polar surface area (TPSA) is 52.0 Å². The van der Waals surface area contributed by atoms with Crippen LogP contribution < -0.4 is 10.2 Å². The number of halogens is 1. The van der Waals surface area contributed by atoms with E-state index in [4.69, 9.17) is 5.26 Å². The van der Waals surface area contributed by atoms with Crippen LogP contribution in [0.4, 0.5) is 15.9 Å². The molecule has 1 N–H and O–H groups in total. The summed E-state index contributed by atoms with van der Waals surface area (Å²) in [6.07, 6.45) is 1.99. The summed E-state index contributed by atoms with van der Waals surface area (Å²) in [5, 5.41) is 12.4. The summed E-state index contributed by atoms with van der Waals surface area (Å²) in [5.41, 5.74) is 2.06. The molecule has 1 aliphatic rings. The van der Waals surface area contributed by atoms with Crippen molar-refractivity contribution < 1.29 is 4.39 Å². The molecule has 5 heteroatoms. The van der Waals surface area contributed by atoms with Gasteiger partial charge in [0.05, 0.1) is 17.3 Å². The molecule has 0 radical (unpaired) electrons. The molecular formula is C18H19FN4. The van der Waals surface area contributed by atoms with Gasteiger partial charge in [-0.3, -0.25) is 0 Å². The number of para-hydroxylation sites is 1. The minimum Gasteiger partial charge on any atom is -0.367 e. The van der Waals surface area contributed by atoms with E-state index < -0.39 is 0 Å². The van der Waals surface area contributed by atoms with Gasteiger partial charge in [-0.1, -0.05) is 12.1 Å². The zero-order valence-electron chi connectivity index (χ0n) is 13.1. The molecule has 1 fully saturated rings. The molecule has 118 valence electrons. The molecule has 0 aliphatic carbocycles. The largest absolute Gasteiger partial charge is 0.367 e. The minimum absolute atomic E-state index is 0.184. The van der Waals surface area contributed by atoms with E-state index in [0.29, 0.717) is 17.1 Å². The Morgan fingerprint density at radius 3 is 2.96 bits per heavy atom. The van der Waals surface area contributed by atoms with Gasteiger partial charge in [0, 0.05) is 24.8 Å². The average molecular weight is 310 g/mol. The highest BCUT2D eigenvalue weighted by Crippen LogP contribution is 2.24. The van der Waals surface area contributed by atoms with Crippen LogP contribution in [0, 0.1) is 24.1 Å². The first-order valence-corrected chi connectivity index (χ1v) is 7.80. The van der Waals surface area contributed by atoms with E-state index in [1.807, 2.05) is 19.1 Å². The molecule has 23 heavy (non-hydrogen) atoms. The SMILES string of the molecule is Cc1cc(C#N)cc(NC2CCCN(c3ccccc3F)C2)n1. The maximum atomic E-state index is 14.0. The summed E-state index contributed by atoms with van der Waals surface area (Å²) in [6.45, 7) is 3.45. The summed E-state index contributed by atoms with van der Waals surface area (Å²) in [4.78, 5) is 6.50. The Balaban J connectivity index is 1.73. The zero-order chi connectivity index (χ0) is 16.2. The second kappa shape index (κ2) is 6.66. The van der Waals surface area contributed by atoms with Crippen LogP contribution in [0.15, 0.2) is 36.4 Å². The van der Waals surface area contributed by atoms with Gasteiger partial charge < -0.3 is 10.2 Å². The molecule has 1 atom stereocenters. The smallest absolute Gasteiger partial charge is 0.146 e. The van der Waals surface area contributed by atoms with Crippen molar-refractivity contribution in [2.45, 2.75) is 25.8 Å². The fourth-order valence-corrected chi connectivity index (χ4v) is 3.04. The maximum absolute atomic E-state index is 14.0. The van der Waals surface area contributed by atoms with Gasteiger partial charge in [0.1, 0.15) is 11.6 Å². The van der Waals surface area contributed by atoms with Crippen molar-refractivity contribution in [1.29, 1.82) is 5.26 Å². The number of pyridine rings is 1. The molecule has 1 unspecified atom stereocenters. The van der Waals surface area contributed by atoms with E-state index in [1.165, 1.54) is 6.07 Å². The number of rotatable bonds is 3. The van der Waals surface area contributed by atoms with Crippen molar-refractivity contribution in [2.24, 2.45) is 0 Å². The molecule has 0 saturated carbocycles. The van der Waals surface area contributed by atoms with Crippen LogP contribution in [0.5, 0.6) is 0 Å². The molecule has 1 aromatic heterocycles. The summed E-state index contributed by atoms with van der Waals surface area (Å²) in [6, 6.07) is 12.7. The van der Waals surface area contributed by atoms with Crippen LogP contribution in [-0.4, -0.2) is 24.1 Å². The second-order valence-corrected chi connectivity index (χ2v) is 5.88. The normalized spacial score (nSPS) is 17.6. The molecule has 3 rings (SSSR count). The van der Waals surface area contributed by atoms with Crippen molar-refractivity contribution in [3.8, 4) is 6.07 Å². The van der Waals surface area contributed by atoms with Gasteiger partial charge in [-0.15, -0.1) is 0 Å². The molecule has 0 bridgehead atoms. The molecule has 0 spiro atoms. The predicted octanol–water partition coefficient (Wildman–Crippen LogP) is 3.48. The molecule has 2 aromatic rings. The van der Waals surface area contributed by atoms with Crippen LogP contribution >= 0.6 is 0 Å². The van der Waals surface area contributed by atoms with E-state index >= 15 is 0 Å². The second-order valence-electron chi connectivity index (χ2n) is 5.88. The highest BCUT2D eigenvalue weighted by atomic mass is 19.1. The molecule has 2 heterocycles. The van der Waals surface area contributed by atoms with Gasteiger partial charge in [-0.25, -0.2) is 9.37 Å². The Kier molecular flexibility index (Phi) is 4.42. The van der Waals surface area contributed by atoms with Crippen molar-refractivity contribution in [3.63, 3.8) is 0 Å². The first-order chi connectivity index (χ1) is 11.2. The molecule has 1 aromatic carbocycles. The lowest BCUT2D eigenvalue weighted by Crippen LogP contribution is -2.42. The highest BCUT2D eigenvalue weighted by Gasteiger charge is 2.22. The number of piperidine rings is 1. The number of benzene rings is 1. The Bertz CT molecular complexity index is 738. The van der Waals surface area contributed by atoms with Crippen LogP contribution in [0.2, 0.25) is 0 Å². The third-order valence-corrected chi connectivity index (χ3v) is 4.05. The first kappa shape index (κ1) is 15.3. The van der Waals surface area contributed by atoms with Crippen molar-refractivity contribution in [2.75, 3.05) is 23.3 Å².